The Morgan fingerprint density at radius 3 is 1.16 bits per heavy atom. The van der Waals surface area contributed by atoms with Crippen LogP contribution in [0.15, 0.2) is 97.1 Å². The quantitative estimate of drug-likeness (QED) is 0.0889. The third-order valence-electron chi connectivity index (χ3n) is 11.9. The van der Waals surface area contributed by atoms with Crippen molar-refractivity contribution in [2.24, 2.45) is 0 Å². The highest BCUT2D eigenvalue weighted by atomic mass is 31.0. The van der Waals surface area contributed by atoms with E-state index in [9.17, 15) is 5.11 Å². The van der Waals surface area contributed by atoms with Crippen molar-refractivity contribution in [3.8, 4) is 39.9 Å². The van der Waals surface area contributed by atoms with E-state index in [1.165, 1.54) is 0 Å². The Hall–Kier alpha value is -5.02. The Labute approximate surface area is 375 Å². The van der Waals surface area contributed by atoms with Gasteiger partial charge in [-0.1, -0.05) is 67.0 Å². The van der Waals surface area contributed by atoms with Gasteiger partial charge >= 0.3 is 0 Å². The first-order valence-electron chi connectivity index (χ1n) is 21.2. The van der Waals surface area contributed by atoms with Gasteiger partial charge in [-0.3, -0.25) is 0 Å². The molecule has 0 spiro atoms. The van der Waals surface area contributed by atoms with E-state index in [0.717, 1.165) is 107 Å². The van der Waals surface area contributed by atoms with E-state index in [1.807, 2.05) is 52.0 Å². The first-order valence-corrected chi connectivity index (χ1v) is 22.4. The predicted molar refractivity (Wildman–Crippen MR) is 264 cm³/mol. The Balaban J connectivity index is 1.12. The molecule has 4 atom stereocenters. The molecule has 0 bridgehead atoms. The summed E-state index contributed by atoms with van der Waals surface area (Å²) in [6.07, 6.45) is 0. The average molecular weight is 870 g/mol. The van der Waals surface area contributed by atoms with Crippen LogP contribution in [0, 0.1) is 55.4 Å². The van der Waals surface area contributed by atoms with Crippen LogP contribution >= 0.6 is 18.5 Å². The summed E-state index contributed by atoms with van der Waals surface area (Å²) in [4.78, 5) is 0. The lowest BCUT2D eigenvalue weighted by Crippen LogP contribution is -2.28. The second-order valence-electron chi connectivity index (χ2n) is 18.5. The van der Waals surface area contributed by atoms with E-state index in [1.54, 1.807) is 0 Å². The van der Waals surface area contributed by atoms with Gasteiger partial charge in [-0.25, -0.2) is 0 Å². The lowest BCUT2D eigenvalue weighted by Gasteiger charge is -2.32. The molecule has 0 aromatic heterocycles. The van der Waals surface area contributed by atoms with Gasteiger partial charge in [0.2, 0.25) is 0 Å². The summed E-state index contributed by atoms with van der Waals surface area (Å²) in [7, 11) is 5.80. The minimum Gasteiger partial charge on any atom is -0.507 e. The number of hydrogen-bond acceptors (Lipinski definition) is 6. The maximum absolute atomic E-state index is 10.3. The fourth-order valence-electron chi connectivity index (χ4n) is 9.02. The zero-order chi connectivity index (χ0) is 45.7. The summed E-state index contributed by atoms with van der Waals surface area (Å²) in [5.74, 6) is 3.42. The number of phenolic OH excluding ortho intramolecular Hbond substituents is 1. The van der Waals surface area contributed by atoms with E-state index in [-0.39, 0.29) is 0 Å². The Morgan fingerprint density at radius 1 is 0.403 bits per heavy atom. The van der Waals surface area contributed by atoms with Crippen LogP contribution in [0.2, 0.25) is 0 Å². The van der Waals surface area contributed by atoms with Crippen LogP contribution < -0.4 is 24.7 Å². The highest BCUT2D eigenvalue weighted by molar-refractivity contribution is 7.18. The Kier molecular flexibility index (Phi) is 12.9. The van der Waals surface area contributed by atoms with E-state index < -0.39 is 21.9 Å². The monoisotopic (exact) mass is 869 g/mol. The molecule has 0 aliphatic carbocycles. The molecule has 0 radical (unpaired) electrons. The molecule has 62 heavy (non-hydrogen) atoms. The number of ether oxygens (including phenoxy) is 4. The van der Waals surface area contributed by atoms with Crippen molar-refractivity contribution in [1.82, 2.24) is 0 Å². The van der Waals surface area contributed by atoms with Crippen LogP contribution in [0.3, 0.4) is 0 Å². The fraction of sp³-hybridized carbons (Fsp3) is 0.333. The number of anilines is 1. The van der Waals surface area contributed by atoms with Crippen LogP contribution in [0.5, 0.6) is 28.7 Å². The number of aryl methyl sites for hydroxylation is 8. The maximum Gasteiger partial charge on any atom is 0.144 e. The normalized spacial score (nSPS) is 13.9. The first kappa shape index (κ1) is 46.5. The van der Waals surface area contributed by atoms with E-state index in [4.69, 9.17) is 24.7 Å². The van der Waals surface area contributed by atoms with E-state index in [2.05, 4.69) is 161 Å². The van der Waals surface area contributed by atoms with E-state index >= 15 is 0 Å². The van der Waals surface area contributed by atoms with Gasteiger partial charge in [0, 0.05) is 16.8 Å². The van der Waals surface area contributed by atoms with Crippen LogP contribution in [-0.2, 0) is 21.9 Å². The topological polar surface area (TPSA) is 83.2 Å². The maximum atomic E-state index is 10.3. The molecule has 0 fully saturated rings. The summed E-state index contributed by atoms with van der Waals surface area (Å²) in [5.41, 5.74) is 20.3. The molecule has 6 rings (SSSR count). The molecule has 8 heteroatoms. The summed E-state index contributed by atoms with van der Waals surface area (Å²) < 4.78 is 26.5. The van der Waals surface area contributed by atoms with Gasteiger partial charge < -0.3 is 29.8 Å². The zero-order valence-corrected chi connectivity index (χ0v) is 41.4. The predicted octanol–water partition coefficient (Wildman–Crippen LogP) is 14.0. The molecular weight excluding hydrogens is 805 g/mol. The minimum atomic E-state index is -0.664. The second kappa shape index (κ2) is 17.3. The van der Waals surface area contributed by atoms with Crippen molar-refractivity contribution < 1.29 is 24.1 Å². The van der Waals surface area contributed by atoms with Crippen LogP contribution in [0.1, 0.15) is 108 Å². The molecule has 0 saturated heterocycles. The summed E-state index contributed by atoms with van der Waals surface area (Å²) >= 11 is 0. The standard InChI is InChI=1S/C54H65NO5P2/c1-31-23-45(24-32(2)47(31)52(11,12)58-44-29-37(7)50(56)38(8)30-44)59-53(13,61)42-21-17-40(18-22-42)39-15-19-41(20-16-39)51(9,10)57-43-25-33(3)48(34(4)26-43)54(14,62)60-46-27-35(5)49(55)36(6)28-46/h15-30,56H,55,61-62H2,1-14H3. The lowest BCUT2D eigenvalue weighted by atomic mass is 9.89. The zero-order valence-electron chi connectivity index (χ0n) is 39.0. The molecule has 0 aliphatic rings. The van der Waals surface area contributed by atoms with Crippen molar-refractivity contribution in [3.63, 3.8) is 0 Å². The molecule has 0 aliphatic heterocycles. The number of phenols is 1. The third kappa shape index (κ3) is 9.94. The largest absolute Gasteiger partial charge is 0.507 e. The van der Waals surface area contributed by atoms with Crippen molar-refractivity contribution in [3.05, 3.63) is 164 Å². The molecule has 6 aromatic carbocycles. The number of aromatic hydroxyl groups is 1. The van der Waals surface area contributed by atoms with Gasteiger partial charge in [0.05, 0.1) is 0 Å². The number of benzene rings is 6. The molecule has 3 N–H and O–H groups in total. The van der Waals surface area contributed by atoms with Crippen molar-refractivity contribution in [2.75, 3.05) is 5.73 Å². The highest BCUT2D eigenvalue weighted by Gasteiger charge is 2.31. The Morgan fingerprint density at radius 2 is 0.726 bits per heavy atom. The average Bonchev–Trinajstić information content (AvgIpc) is 3.14. The van der Waals surface area contributed by atoms with Gasteiger partial charge in [-0.05, 0) is 212 Å². The SMILES string of the molecule is Cc1cc(OC(C)(P)c2c(C)cc(OC(C)(C)c3ccc(-c4ccc(C(C)(P)Oc5cc(C)c(C(C)(C)Oc6cc(C)c(O)c(C)c6)c(C)c5)cc4)cc3)cc2C)cc(C)c1N. The smallest absolute Gasteiger partial charge is 0.144 e. The Bertz CT molecular complexity index is 2350. The summed E-state index contributed by atoms with van der Waals surface area (Å²) in [6.45, 7) is 28.7. The number of nitrogen functional groups attached to an aromatic ring is 1. The highest BCUT2D eigenvalue weighted by Crippen LogP contribution is 2.43. The second-order valence-corrected chi connectivity index (χ2v) is 20.7. The summed E-state index contributed by atoms with van der Waals surface area (Å²) in [5, 5.41) is 8.95. The molecule has 0 heterocycles. The van der Waals surface area contributed by atoms with Gasteiger partial charge in [0.25, 0.3) is 0 Å². The minimum absolute atomic E-state index is 0.302. The van der Waals surface area contributed by atoms with Crippen molar-refractivity contribution in [2.45, 2.75) is 119 Å². The fourth-order valence-corrected chi connectivity index (χ4v) is 9.94. The number of rotatable bonds is 13. The molecule has 326 valence electrons. The van der Waals surface area contributed by atoms with Gasteiger partial charge in [0.15, 0.2) is 0 Å². The summed E-state index contributed by atoms with van der Waals surface area (Å²) in [6, 6.07) is 33.3. The van der Waals surface area contributed by atoms with Crippen LogP contribution in [-0.4, -0.2) is 5.11 Å². The van der Waals surface area contributed by atoms with Gasteiger partial charge in [-0.15, -0.1) is 0 Å². The van der Waals surface area contributed by atoms with Crippen LogP contribution in [0.25, 0.3) is 11.1 Å². The molecule has 6 aromatic rings. The molecule has 6 nitrogen and oxygen atoms in total. The lowest BCUT2D eigenvalue weighted by molar-refractivity contribution is 0.107. The van der Waals surface area contributed by atoms with Crippen molar-refractivity contribution >= 4 is 24.2 Å². The molecular formula is C54H65NO5P2. The van der Waals surface area contributed by atoms with Crippen molar-refractivity contribution in [1.29, 1.82) is 0 Å². The third-order valence-corrected chi connectivity index (χ3v) is 12.8. The van der Waals surface area contributed by atoms with E-state index in [0.29, 0.717) is 5.75 Å². The van der Waals surface area contributed by atoms with Crippen LogP contribution in [0.4, 0.5) is 5.69 Å². The number of hydrogen-bond donors (Lipinski definition) is 2. The van der Waals surface area contributed by atoms with Gasteiger partial charge in [0.1, 0.15) is 50.6 Å². The first-order chi connectivity index (χ1) is 28.8. The molecule has 0 amide bonds. The van der Waals surface area contributed by atoms with Gasteiger partial charge in [-0.2, -0.15) is 0 Å². The molecule has 4 unspecified atom stereocenters. The number of nitrogens with two attached hydrogens (primary N) is 1. The molecule has 0 saturated carbocycles.